The Morgan fingerprint density at radius 2 is 2.27 bits per heavy atom. The zero-order valence-electron chi connectivity index (χ0n) is 7.22. The molecule has 0 aliphatic carbocycles. The second-order valence-corrected chi connectivity index (χ2v) is 2.14. The topological polar surface area (TPSA) is 47.6 Å². The lowest BCUT2D eigenvalue weighted by molar-refractivity contribution is -0.0673. The van der Waals surface area contributed by atoms with Crippen molar-refractivity contribution in [1.29, 1.82) is 0 Å². The molecular weight excluding hydrogens is 146 g/mol. The summed E-state index contributed by atoms with van der Waals surface area (Å²) in [7, 11) is 1.48. The minimum absolute atomic E-state index is 0.429. The second kappa shape index (κ2) is 5.97. The van der Waals surface area contributed by atoms with E-state index >= 15 is 0 Å². The summed E-state index contributed by atoms with van der Waals surface area (Å²) in [6.45, 7) is 4.26. The minimum atomic E-state index is -0.480. The highest BCUT2D eigenvalue weighted by molar-refractivity contribution is 5.67. The molecule has 0 radical (unpaired) electrons. The van der Waals surface area contributed by atoms with Crippen molar-refractivity contribution >= 4 is 6.09 Å². The standard InChI is InChI=1S/C7H15NO3/c1-4-5-8-7(9)11-6(2)10-3/h6H,4-5H2,1-3H3,(H,8,9). The average molecular weight is 161 g/mol. The molecule has 0 heterocycles. The number of nitrogens with one attached hydrogen (secondary N) is 1. The Morgan fingerprint density at radius 1 is 1.64 bits per heavy atom. The number of methoxy groups -OCH3 is 1. The molecule has 0 aliphatic heterocycles. The average Bonchev–Trinajstić information content (AvgIpc) is 2.00. The van der Waals surface area contributed by atoms with E-state index in [9.17, 15) is 4.79 Å². The maximum absolute atomic E-state index is 10.8. The van der Waals surface area contributed by atoms with Crippen molar-refractivity contribution in [3.63, 3.8) is 0 Å². The normalized spacial score (nSPS) is 12.3. The molecule has 1 N–H and O–H groups in total. The summed E-state index contributed by atoms with van der Waals surface area (Å²) in [6, 6.07) is 0. The summed E-state index contributed by atoms with van der Waals surface area (Å²) in [5.41, 5.74) is 0. The van der Waals surface area contributed by atoms with Crippen molar-refractivity contribution in [1.82, 2.24) is 5.32 Å². The van der Waals surface area contributed by atoms with Crippen LogP contribution in [0, 0.1) is 0 Å². The number of amides is 1. The molecule has 0 spiro atoms. The van der Waals surface area contributed by atoms with Gasteiger partial charge < -0.3 is 14.8 Å². The Hall–Kier alpha value is -0.770. The van der Waals surface area contributed by atoms with Crippen molar-refractivity contribution in [3.8, 4) is 0 Å². The van der Waals surface area contributed by atoms with Gasteiger partial charge in [-0.15, -0.1) is 0 Å². The summed E-state index contributed by atoms with van der Waals surface area (Å²) in [4.78, 5) is 10.8. The summed E-state index contributed by atoms with van der Waals surface area (Å²) in [6.07, 6.45) is -0.00994. The van der Waals surface area contributed by atoms with Gasteiger partial charge >= 0.3 is 6.09 Å². The first-order valence-electron chi connectivity index (χ1n) is 3.68. The molecule has 0 aromatic rings. The third kappa shape index (κ3) is 5.66. The number of ether oxygens (including phenoxy) is 2. The van der Waals surface area contributed by atoms with Crippen molar-refractivity contribution < 1.29 is 14.3 Å². The van der Waals surface area contributed by atoms with Crippen LogP contribution in [-0.4, -0.2) is 26.0 Å². The lowest BCUT2D eigenvalue weighted by Crippen LogP contribution is -2.28. The molecule has 0 aromatic carbocycles. The number of hydrogen-bond acceptors (Lipinski definition) is 3. The Labute approximate surface area is 66.9 Å². The van der Waals surface area contributed by atoms with Crippen molar-refractivity contribution in [2.24, 2.45) is 0 Å². The van der Waals surface area contributed by atoms with Crippen LogP contribution in [0.4, 0.5) is 4.79 Å². The fraction of sp³-hybridized carbons (Fsp3) is 0.857. The highest BCUT2D eigenvalue weighted by Crippen LogP contribution is 1.90. The van der Waals surface area contributed by atoms with E-state index in [-0.39, 0.29) is 0 Å². The third-order valence-electron chi connectivity index (χ3n) is 1.12. The Balaban J connectivity index is 3.36. The first-order chi connectivity index (χ1) is 5.20. The van der Waals surface area contributed by atoms with Crippen LogP contribution in [-0.2, 0) is 9.47 Å². The van der Waals surface area contributed by atoms with Crippen LogP contribution < -0.4 is 5.32 Å². The smallest absolute Gasteiger partial charge is 0.409 e. The van der Waals surface area contributed by atoms with Gasteiger partial charge in [-0.2, -0.15) is 0 Å². The van der Waals surface area contributed by atoms with E-state index < -0.39 is 12.4 Å². The van der Waals surface area contributed by atoms with Crippen LogP contribution in [0.1, 0.15) is 20.3 Å². The number of alkyl carbamates (subject to hydrolysis) is 1. The zero-order valence-corrected chi connectivity index (χ0v) is 7.22. The molecule has 11 heavy (non-hydrogen) atoms. The monoisotopic (exact) mass is 161 g/mol. The van der Waals surface area contributed by atoms with Gasteiger partial charge in [0.1, 0.15) is 0 Å². The summed E-state index contributed by atoms with van der Waals surface area (Å²) in [5.74, 6) is 0. The number of carbonyl (C=O) groups is 1. The molecule has 4 heteroatoms. The van der Waals surface area contributed by atoms with Crippen LogP contribution in [0.5, 0.6) is 0 Å². The van der Waals surface area contributed by atoms with E-state index in [1.54, 1.807) is 6.92 Å². The van der Waals surface area contributed by atoms with Gasteiger partial charge in [-0.1, -0.05) is 6.92 Å². The van der Waals surface area contributed by atoms with E-state index in [1.807, 2.05) is 6.92 Å². The van der Waals surface area contributed by atoms with Crippen LogP contribution in [0.3, 0.4) is 0 Å². The van der Waals surface area contributed by atoms with Gasteiger partial charge in [0.2, 0.25) is 6.29 Å². The molecular formula is C7H15NO3. The van der Waals surface area contributed by atoms with Gasteiger partial charge in [0.05, 0.1) is 0 Å². The maximum Gasteiger partial charge on any atom is 0.409 e. The Morgan fingerprint density at radius 3 is 2.73 bits per heavy atom. The second-order valence-electron chi connectivity index (χ2n) is 2.14. The number of rotatable bonds is 4. The fourth-order valence-corrected chi connectivity index (χ4v) is 0.468. The SMILES string of the molecule is CCCNC(=O)OC(C)OC. The lowest BCUT2D eigenvalue weighted by atomic mass is 10.5. The lowest BCUT2D eigenvalue weighted by Gasteiger charge is -2.10. The predicted octanol–water partition coefficient (Wildman–Crippen LogP) is 1.11. The third-order valence-corrected chi connectivity index (χ3v) is 1.12. The predicted molar refractivity (Wildman–Crippen MR) is 41.2 cm³/mol. The van der Waals surface area contributed by atoms with E-state index in [4.69, 9.17) is 9.47 Å². The molecule has 66 valence electrons. The summed E-state index contributed by atoms with van der Waals surface area (Å²) in [5, 5.41) is 2.56. The van der Waals surface area contributed by atoms with E-state index in [2.05, 4.69) is 5.32 Å². The molecule has 0 saturated heterocycles. The van der Waals surface area contributed by atoms with Crippen LogP contribution in [0.2, 0.25) is 0 Å². The molecule has 1 amide bonds. The molecule has 1 atom stereocenters. The van der Waals surface area contributed by atoms with E-state index in [1.165, 1.54) is 7.11 Å². The molecule has 0 bridgehead atoms. The highest BCUT2D eigenvalue weighted by atomic mass is 16.7. The fourth-order valence-electron chi connectivity index (χ4n) is 0.468. The largest absolute Gasteiger partial charge is 0.420 e. The van der Waals surface area contributed by atoms with Crippen LogP contribution >= 0.6 is 0 Å². The van der Waals surface area contributed by atoms with E-state index in [0.717, 1.165) is 6.42 Å². The van der Waals surface area contributed by atoms with Gasteiger partial charge in [-0.3, -0.25) is 0 Å². The molecule has 0 rings (SSSR count). The molecule has 4 nitrogen and oxygen atoms in total. The first kappa shape index (κ1) is 10.2. The van der Waals surface area contributed by atoms with E-state index in [0.29, 0.717) is 6.54 Å². The molecule has 0 fully saturated rings. The van der Waals surface area contributed by atoms with Gasteiger partial charge in [-0.25, -0.2) is 4.79 Å². The maximum atomic E-state index is 10.8. The Bertz CT molecular complexity index is 116. The van der Waals surface area contributed by atoms with Crippen molar-refractivity contribution in [2.45, 2.75) is 26.6 Å². The van der Waals surface area contributed by atoms with Gasteiger partial charge in [-0.05, 0) is 13.3 Å². The summed E-state index contributed by atoms with van der Waals surface area (Å²) >= 11 is 0. The molecule has 1 unspecified atom stereocenters. The highest BCUT2D eigenvalue weighted by Gasteiger charge is 2.05. The molecule has 0 aliphatic rings. The minimum Gasteiger partial charge on any atom is -0.420 e. The van der Waals surface area contributed by atoms with Crippen molar-refractivity contribution in [2.75, 3.05) is 13.7 Å². The summed E-state index contributed by atoms with van der Waals surface area (Å²) < 4.78 is 9.45. The Kier molecular flexibility index (Phi) is 5.56. The first-order valence-corrected chi connectivity index (χ1v) is 3.68. The van der Waals surface area contributed by atoms with Crippen molar-refractivity contribution in [3.05, 3.63) is 0 Å². The molecule has 0 saturated carbocycles. The number of carbonyl (C=O) groups excluding carboxylic acids is 1. The van der Waals surface area contributed by atoms with Gasteiger partial charge in [0.15, 0.2) is 0 Å². The number of hydrogen-bond donors (Lipinski definition) is 1. The molecule has 0 aromatic heterocycles. The van der Waals surface area contributed by atoms with Gasteiger partial charge in [0, 0.05) is 13.7 Å². The quantitative estimate of drug-likeness (QED) is 0.628. The van der Waals surface area contributed by atoms with Gasteiger partial charge in [0.25, 0.3) is 0 Å². The van der Waals surface area contributed by atoms with Crippen LogP contribution in [0.25, 0.3) is 0 Å². The zero-order chi connectivity index (χ0) is 8.69. The van der Waals surface area contributed by atoms with Crippen LogP contribution in [0.15, 0.2) is 0 Å².